The fourth-order valence-corrected chi connectivity index (χ4v) is 4.70. The van der Waals surface area contributed by atoms with Crippen LogP contribution in [0.15, 0.2) is 17.1 Å². The molecule has 2 saturated heterocycles. The second-order valence-corrected chi connectivity index (χ2v) is 9.25. The Hall–Kier alpha value is -1.92. The predicted octanol–water partition coefficient (Wildman–Crippen LogP) is 0.854. The van der Waals surface area contributed by atoms with E-state index in [4.69, 9.17) is 24.3 Å². The van der Waals surface area contributed by atoms with Crippen LogP contribution in [0.1, 0.15) is 27.0 Å². The number of halogens is 2. The summed E-state index contributed by atoms with van der Waals surface area (Å²) in [6.45, 7) is 4.35. The highest BCUT2D eigenvalue weighted by Crippen LogP contribution is 2.58. The summed E-state index contributed by atoms with van der Waals surface area (Å²) in [5, 5.41) is 2.61. The molecule has 1 aromatic rings. The first-order chi connectivity index (χ1) is 13.9. The highest BCUT2D eigenvalue weighted by Gasteiger charge is 2.64. The number of nitrogens with zero attached hydrogens (tertiary/aromatic N) is 2. The van der Waals surface area contributed by atoms with E-state index in [9.17, 15) is 22.9 Å². The van der Waals surface area contributed by atoms with Gasteiger partial charge in [0, 0.05) is 6.20 Å². The van der Waals surface area contributed by atoms with Gasteiger partial charge >= 0.3 is 25.2 Å². The molecule has 3 N–H and O–H groups in total. The molecule has 0 aromatic carbocycles. The lowest BCUT2D eigenvalue weighted by Crippen LogP contribution is -2.46. The molecule has 0 radical (unpaired) electrons. The molecule has 2 fully saturated rings. The van der Waals surface area contributed by atoms with Gasteiger partial charge in [-0.2, -0.15) is 13.8 Å². The van der Waals surface area contributed by atoms with Gasteiger partial charge in [-0.15, -0.1) is 0 Å². The molecule has 168 valence electrons. The maximum Gasteiger partial charge on any atom is 0.351 e. The van der Waals surface area contributed by atoms with Crippen molar-refractivity contribution in [3.63, 3.8) is 0 Å². The third-order valence-corrected chi connectivity index (χ3v) is 6.12. The first kappa shape index (κ1) is 22.8. The fourth-order valence-electron chi connectivity index (χ4n) is 2.98. The van der Waals surface area contributed by atoms with Crippen LogP contribution in [0, 0.1) is 0 Å². The van der Waals surface area contributed by atoms with E-state index < -0.39 is 62.5 Å². The van der Waals surface area contributed by atoms with E-state index in [0.29, 0.717) is 4.57 Å². The molecule has 14 heteroatoms. The quantitative estimate of drug-likeness (QED) is 0.471. The Balaban J connectivity index is 1.71. The lowest BCUT2D eigenvalue weighted by molar-refractivity contribution is -0.149. The number of alkyl halides is 2. The molecule has 3 heterocycles. The van der Waals surface area contributed by atoms with Gasteiger partial charge in [-0.05, 0) is 26.8 Å². The van der Waals surface area contributed by atoms with Gasteiger partial charge in [-0.25, -0.2) is 4.79 Å². The Morgan fingerprint density at radius 1 is 1.50 bits per heavy atom. The number of fused-ring (bicyclic) bond motifs is 1. The molecule has 0 unspecified atom stereocenters. The van der Waals surface area contributed by atoms with Gasteiger partial charge in [0.1, 0.15) is 18.0 Å². The van der Waals surface area contributed by atoms with E-state index >= 15 is 0 Å². The summed E-state index contributed by atoms with van der Waals surface area (Å²) in [6, 6.07) is 0.308. The Kier molecular flexibility index (Phi) is 6.30. The molecule has 0 bridgehead atoms. The smallest absolute Gasteiger partial charge is 0.351 e. The van der Waals surface area contributed by atoms with Crippen molar-refractivity contribution in [2.45, 2.75) is 57.3 Å². The highest BCUT2D eigenvalue weighted by atomic mass is 31.2. The maximum absolute atomic E-state index is 15.0. The zero-order valence-electron chi connectivity index (χ0n) is 16.5. The first-order valence-electron chi connectivity index (χ1n) is 9.17. The van der Waals surface area contributed by atoms with Gasteiger partial charge in [0.25, 0.3) is 0 Å². The number of rotatable bonds is 6. The number of nitrogens with one attached hydrogen (secondary N) is 1. The SMILES string of the molecule is CC(C)OC(=O)[C@@H](C)NC[P@@]1(=O)OC[C@H]2O[C@@H](n3ccc(N)nc3=O)C(F)(F)[C@@H]2O1. The number of carbonyl (C=O) groups excluding carboxylic acids is 1. The topological polar surface area (TPSA) is 144 Å². The summed E-state index contributed by atoms with van der Waals surface area (Å²) >= 11 is 0. The van der Waals surface area contributed by atoms with Crippen molar-refractivity contribution in [2.75, 3.05) is 18.6 Å². The number of nitrogens with two attached hydrogens (primary N) is 1. The summed E-state index contributed by atoms with van der Waals surface area (Å²) in [5.41, 5.74) is 4.35. The van der Waals surface area contributed by atoms with E-state index in [1.807, 2.05) is 0 Å². The number of anilines is 1. The van der Waals surface area contributed by atoms with Crippen molar-refractivity contribution in [2.24, 2.45) is 0 Å². The van der Waals surface area contributed by atoms with Crippen LogP contribution in [0.2, 0.25) is 0 Å². The van der Waals surface area contributed by atoms with Gasteiger partial charge in [0.15, 0.2) is 6.10 Å². The molecule has 30 heavy (non-hydrogen) atoms. The second-order valence-electron chi connectivity index (χ2n) is 7.25. The van der Waals surface area contributed by atoms with Crippen LogP contribution < -0.4 is 16.7 Å². The molecule has 0 spiro atoms. The van der Waals surface area contributed by atoms with E-state index in [2.05, 4.69) is 10.3 Å². The molecule has 5 atom stereocenters. The van der Waals surface area contributed by atoms with Crippen LogP contribution in [0.5, 0.6) is 0 Å². The van der Waals surface area contributed by atoms with Gasteiger partial charge in [-0.3, -0.25) is 23.8 Å². The van der Waals surface area contributed by atoms with Crippen molar-refractivity contribution < 1.29 is 36.7 Å². The van der Waals surface area contributed by atoms with Crippen molar-refractivity contribution in [3.8, 4) is 0 Å². The van der Waals surface area contributed by atoms with Crippen molar-refractivity contribution in [3.05, 3.63) is 22.7 Å². The number of hydrogen-bond acceptors (Lipinski definition) is 10. The average molecular weight is 452 g/mol. The van der Waals surface area contributed by atoms with Crippen LogP contribution in [0.3, 0.4) is 0 Å². The largest absolute Gasteiger partial charge is 0.462 e. The molecule has 0 saturated carbocycles. The zero-order valence-corrected chi connectivity index (χ0v) is 17.4. The van der Waals surface area contributed by atoms with Gasteiger partial charge in [0.2, 0.25) is 6.23 Å². The standard InChI is InChI=1S/C16H23F2N4O7P/c1-8(2)27-13(23)9(3)20-7-30(25)26-6-10-12(29-30)16(17,18)14(28-10)22-5-4-11(19)21-15(22)24/h4-5,8-10,12,14,20H,6-7H2,1-3H3,(H2,19,21,24)/t9-,10-,12-,14-,30-/m1/s1. The number of esters is 1. The monoisotopic (exact) mass is 452 g/mol. The summed E-state index contributed by atoms with van der Waals surface area (Å²) in [5.74, 6) is -4.44. The van der Waals surface area contributed by atoms with E-state index in [-0.39, 0.29) is 11.9 Å². The van der Waals surface area contributed by atoms with Crippen molar-refractivity contribution >= 4 is 19.4 Å². The zero-order chi connectivity index (χ0) is 22.3. The predicted molar refractivity (Wildman–Crippen MR) is 98.9 cm³/mol. The summed E-state index contributed by atoms with van der Waals surface area (Å²) in [7, 11) is -4.03. The van der Waals surface area contributed by atoms with Crippen LogP contribution in [-0.2, 0) is 27.9 Å². The number of ether oxygens (including phenoxy) is 2. The summed E-state index contributed by atoms with van der Waals surface area (Å²) < 4.78 is 63.9. The average Bonchev–Trinajstić information content (AvgIpc) is 2.90. The minimum absolute atomic E-state index is 0.129. The Bertz CT molecular complexity index is 912. The molecule has 0 amide bonds. The van der Waals surface area contributed by atoms with Crippen molar-refractivity contribution in [1.29, 1.82) is 0 Å². The van der Waals surface area contributed by atoms with Crippen molar-refractivity contribution in [1.82, 2.24) is 14.9 Å². The minimum Gasteiger partial charge on any atom is -0.462 e. The molecule has 0 aliphatic carbocycles. The molecule has 2 aliphatic heterocycles. The Morgan fingerprint density at radius 3 is 2.83 bits per heavy atom. The lowest BCUT2D eigenvalue weighted by Gasteiger charge is -2.33. The molecule has 11 nitrogen and oxygen atoms in total. The summed E-state index contributed by atoms with van der Waals surface area (Å²) in [6.07, 6.45) is -5.03. The summed E-state index contributed by atoms with van der Waals surface area (Å²) in [4.78, 5) is 27.2. The second kappa shape index (κ2) is 8.31. The van der Waals surface area contributed by atoms with Crippen LogP contribution in [-0.4, -0.2) is 58.7 Å². The van der Waals surface area contributed by atoms with Gasteiger partial charge in [-0.1, -0.05) is 0 Å². The first-order valence-corrected chi connectivity index (χ1v) is 10.9. The molecular weight excluding hydrogens is 429 g/mol. The van der Waals surface area contributed by atoms with Crippen LogP contribution in [0.25, 0.3) is 0 Å². The Morgan fingerprint density at radius 2 is 2.20 bits per heavy atom. The van der Waals surface area contributed by atoms with E-state index in [0.717, 1.165) is 6.20 Å². The molecule has 1 aromatic heterocycles. The van der Waals surface area contributed by atoms with E-state index in [1.54, 1.807) is 13.8 Å². The van der Waals surface area contributed by atoms with Gasteiger partial charge in [0.05, 0.1) is 19.0 Å². The number of nitrogen functional groups attached to an aromatic ring is 1. The number of aromatic nitrogens is 2. The molecular formula is C16H23F2N4O7P. The third kappa shape index (κ3) is 4.54. The van der Waals surface area contributed by atoms with Crippen LogP contribution in [0.4, 0.5) is 14.6 Å². The Labute approximate surface area is 170 Å². The fraction of sp³-hybridized carbons (Fsp3) is 0.688. The normalized spacial score (nSPS) is 31.3. The minimum atomic E-state index is -4.03. The lowest BCUT2D eigenvalue weighted by atomic mass is 10.1. The number of hydrogen-bond donors (Lipinski definition) is 2. The van der Waals surface area contributed by atoms with E-state index in [1.165, 1.54) is 13.0 Å². The molecule has 2 aliphatic rings. The third-order valence-electron chi connectivity index (χ3n) is 4.46. The van der Waals surface area contributed by atoms with Gasteiger partial charge < -0.3 is 19.7 Å². The molecule has 3 rings (SSSR count). The highest BCUT2D eigenvalue weighted by molar-refractivity contribution is 7.53. The van der Waals surface area contributed by atoms with Crippen LogP contribution >= 0.6 is 7.60 Å². The maximum atomic E-state index is 15.0. The number of carbonyl (C=O) groups is 1.